The van der Waals surface area contributed by atoms with E-state index < -0.39 is 0 Å². The number of nitrogens with one attached hydrogen (secondary N) is 2. The Balaban J connectivity index is 1.61. The molecule has 0 unspecified atom stereocenters. The van der Waals surface area contributed by atoms with Crippen LogP contribution < -0.4 is 10.6 Å². The Morgan fingerprint density at radius 1 is 0.931 bits per heavy atom. The molecule has 0 atom stereocenters. The molecule has 0 aliphatic heterocycles. The van der Waals surface area contributed by atoms with Crippen molar-refractivity contribution in [3.63, 3.8) is 0 Å². The highest BCUT2D eigenvalue weighted by atomic mass is 16.2. The number of aryl methyl sites for hydroxylation is 1. The number of pyridine rings is 1. The molecule has 1 aromatic heterocycles. The van der Waals surface area contributed by atoms with Crippen molar-refractivity contribution in [1.29, 1.82) is 0 Å². The first-order valence-corrected chi connectivity index (χ1v) is 9.65. The molecule has 2 amide bonds. The molecule has 0 spiro atoms. The van der Waals surface area contributed by atoms with Crippen LogP contribution in [0.2, 0.25) is 0 Å². The van der Waals surface area contributed by atoms with Crippen molar-refractivity contribution in [2.45, 2.75) is 27.3 Å². The van der Waals surface area contributed by atoms with E-state index in [2.05, 4.69) is 15.6 Å². The van der Waals surface area contributed by atoms with Gasteiger partial charge in [-0.3, -0.25) is 14.6 Å². The third-order valence-corrected chi connectivity index (χ3v) is 4.60. The summed E-state index contributed by atoms with van der Waals surface area (Å²) < 4.78 is 0. The van der Waals surface area contributed by atoms with Gasteiger partial charge in [-0.25, -0.2) is 0 Å². The second-order valence-corrected chi connectivity index (χ2v) is 7.22. The summed E-state index contributed by atoms with van der Waals surface area (Å²) in [5.41, 5.74) is 4.81. The molecule has 0 aliphatic rings. The monoisotopic (exact) mass is 387 g/mol. The molecule has 1 heterocycles. The molecule has 0 aliphatic carbocycles. The molecule has 0 radical (unpaired) electrons. The predicted octanol–water partition coefficient (Wildman–Crippen LogP) is 4.58. The summed E-state index contributed by atoms with van der Waals surface area (Å²) in [6.45, 7) is 5.94. The Morgan fingerprint density at radius 3 is 2.24 bits per heavy atom. The number of hydrogen-bond donors (Lipinski definition) is 2. The van der Waals surface area contributed by atoms with E-state index in [1.807, 2.05) is 87.5 Å². The average Bonchev–Trinajstić information content (AvgIpc) is 2.73. The van der Waals surface area contributed by atoms with E-state index in [1.54, 1.807) is 0 Å². The summed E-state index contributed by atoms with van der Waals surface area (Å²) in [4.78, 5) is 28.9. The Kier molecular flexibility index (Phi) is 6.39. The highest BCUT2D eigenvalue weighted by molar-refractivity contribution is 5.95. The zero-order valence-electron chi connectivity index (χ0n) is 16.9. The normalized spacial score (nSPS) is 10.6. The maximum absolute atomic E-state index is 12.6. The number of hydrogen-bond acceptors (Lipinski definition) is 3. The zero-order chi connectivity index (χ0) is 20.8. The quantitative estimate of drug-likeness (QED) is 0.650. The Morgan fingerprint density at radius 2 is 1.62 bits per heavy atom. The first-order chi connectivity index (χ1) is 13.9. The first-order valence-electron chi connectivity index (χ1n) is 9.65. The molecule has 5 nitrogen and oxygen atoms in total. The van der Waals surface area contributed by atoms with Gasteiger partial charge in [0.15, 0.2) is 0 Å². The fraction of sp³-hybridized carbons (Fsp3) is 0.208. The van der Waals surface area contributed by atoms with Gasteiger partial charge in [0.25, 0.3) is 5.91 Å². The first kappa shape index (κ1) is 20.3. The molecule has 0 bridgehead atoms. The number of carbonyl (C=O) groups excluding carboxylic acids is 2. The highest BCUT2D eigenvalue weighted by Gasteiger charge is 2.12. The van der Waals surface area contributed by atoms with E-state index in [-0.39, 0.29) is 17.7 Å². The summed E-state index contributed by atoms with van der Waals surface area (Å²) in [7, 11) is 0. The maximum atomic E-state index is 12.6. The van der Waals surface area contributed by atoms with Gasteiger partial charge in [0.1, 0.15) is 0 Å². The van der Waals surface area contributed by atoms with Crippen molar-refractivity contribution in [2.24, 2.45) is 5.92 Å². The molecule has 0 fully saturated rings. The van der Waals surface area contributed by atoms with Gasteiger partial charge in [0, 0.05) is 23.7 Å². The van der Waals surface area contributed by atoms with Crippen LogP contribution in [-0.2, 0) is 11.3 Å². The van der Waals surface area contributed by atoms with E-state index in [0.29, 0.717) is 17.8 Å². The van der Waals surface area contributed by atoms with Crippen LogP contribution in [0.3, 0.4) is 0 Å². The minimum atomic E-state index is -0.160. The van der Waals surface area contributed by atoms with E-state index in [4.69, 9.17) is 0 Å². The van der Waals surface area contributed by atoms with Crippen molar-refractivity contribution in [3.05, 3.63) is 83.6 Å². The van der Waals surface area contributed by atoms with Crippen molar-refractivity contribution < 1.29 is 9.59 Å². The van der Waals surface area contributed by atoms with Gasteiger partial charge < -0.3 is 10.6 Å². The topological polar surface area (TPSA) is 71.1 Å². The molecule has 2 aromatic carbocycles. The van der Waals surface area contributed by atoms with Crippen LogP contribution in [0.25, 0.3) is 11.3 Å². The number of amides is 2. The lowest BCUT2D eigenvalue weighted by atomic mass is 10.1. The van der Waals surface area contributed by atoms with Crippen LogP contribution in [0.5, 0.6) is 0 Å². The van der Waals surface area contributed by atoms with Gasteiger partial charge in [-0.2, -0.15) is 0 Å². The number of benzene rings is 2. The minimum absolute atomic E-state index is 0.0204. The van der Waals surface area contributed by atoms with Gasteiger partial charge in [-0.05, 0) is 36.8 Å². The van der Waals surface area contributed by atoms with Crippen LogP contribution in [0.15, 0.2) is 66.7 Å². The van der Waals surface area contributed by atoms with Gasteiger partial charge in [0.05, 0.1) is 17.0 Å². The van der Waals surface area contributed by atoms with E-state index in [9.17, 15) is 9.59 Å². The van der Waals surface area contributed by atoms with Crippen molar-refractivity contribution in [2.75, 3.05) is 5.32 Å². The van der Waals surface area contributed by atoms with Crippen molar-refractivity contribution in [3.8, 4) is 11.3 Å². The molecule has 5 heteroatoms. The van der Waals surface area contributed by atoms with Crippen LogP contribution in [0.1, 0.15) is 35.5 Å². The Labute approximate surface area is 171 Å². The number of nitrogens with zero attached hydrogens (tertiary/aromatic N) is 1. The second-order valence-electron chi connectivity index (χ2n) is 7.22. The lowest BCUT2D eigenvalue weighted by Crippen LogP contribution is -2.24. The summed E-state index contributed by atoms with van der Waals surface area (Å²) in [5.74, 6) is -0.251. The van der Waals surface area contributed by atoms with Crippen molar-refractivity contribution >= 4 is 17.5 Å². The van der Waals surface area contributed by atoms with Crippen LogP contribution >= 0.6 is 0 Å². The Bertz CT molecular complexity index is 996. The van der Waals surface area contributed by atoms with Crippen molar-refractivity contribution in [1.82, 2.24) is 10.3 Å². The van der Waals surface area contributed by atoms with E-state index in [0.717, 1.165) is 22.5 Å². The fourth-order valence-electron chi connectivity index (χ4n) is 2.84. The Hall–Kier alpha value is -3.47. The minimum Gasteiger partial charge on any atom is -0.348 e. The maximum Gasteiger partial charge on any atom is 0.253 e. The van der Waals surface area contributed by atoms with E-state index in [1.165, 1.54) is 0 Å². The van der Waals surface area contributed by atoms with Crippen LogP contribution in [0.4, 0.5) is 5.69 Å². The summed E-state index contributed by atoms with van der Waals surface area (Å²) >= 11 is 0. The molecule has 0 saturated carbocycles. The molecule has 148 valence electrons. The van der Waals surface area contributed by atoms with Gasteiger partial charge in [0.2, 0.25) is 5.91 Å². The summed E-state index contributed by atoms with van der Waals surface area (Å²) in [5, 5.41) is 5.78. The number of carbonyl (C=O) groups is 2. The highest BCUT2D eigenvalue weighted by Crippen LogP contribution is 2.18. The summed E-state index contributed by atoms with van der Waals surface area (Å²) in [6.07, 6.45) is 0. The molecule has 3 rings (SSSR count). The number of rotatable bonds is 6. The summed E-state index contributed by atoms with van der Waals surface area (Å²) in [6, 6.07) is 21.0. The standard InChI is InChI=1S/C24H25N3O2/c1-16(2)23(28)27-20-11-9-18(10-12-20)15-25-24(29)21-13-14-22(26-17(21)3)19-7-5-4-6-8-19/h4-14,16H,15H2,1-3H3,(H,25,29)(H,27,28). The number of anilines is 1. The van der Waals surface area contributed by atoms with Crippen LogP contribution in [0, 0.1) is 12.8 Å². The largest absolute Gasteiger partial charge is 0.348 e. The SMILES string of the molecule is Cc1nc(-c2ccccc2)ccc1C(=O)NCc1ccc(NC(=O)C(C)C)cc1. The third-order valence-electron chi connectivity index (χ3n) is 4.60. The second kappa shape index (κ2) is 9.15. The fourth-order valence-corrected chi connectivity index (χ4v) is 2.84. The lowest BCUT2D eigenvalue weighted by Gasteiger charge is -2.10. The molecule has 0 saturated heterocycles. The molecular weight excluding hydrogens is 362 g/mol. The molecular formula is C24H25N3O2. The average molecular weight is 387 g/mol. The van der Waals surface area contributed by atoms with E-state index >= 15 is 0 Å². The molecule has 29 heavy (non-hydrogen) atoms. The zero-order valence-corrected chi connectivity index (χ0v) is 16.9. The van der Waals surface area contributed by atoms with Gasteiger partial charge in [-0.15, -0.1) is 0 Å². The molecule has 3 aromatic rings. The lowest BCUT2D eigenvalue weighted by molar-refractivity contribution is -0.118. The molecule has 2 N–H and O–H groups in total. The number of aromatic nitrogens is 1. The smallest absolute Gasteiger partial charge is 0.253 e. The van der Waals surface area contributed by atoms with Gasteiger partial charge in [-0.1, -0.05) is 56.3 Å². The van der Waals surface area contributed by atoms with Gasteiger partial charge >= 0.3 is 0 Å². The van der Waals surface area contributed by atoms with Crippen LogP contribution in [-0.4, -0.2) is 16.8 Å². The third kappa shape index (κ3) is 5.29. The predicted molar refractivity (Wildman–Crippen MR) is 115 cm³/mol.